The van der Waals surface area contributed by atoms with Crippen LogP contribution < -0.4 is 10.6 Å². The molecular weight excluding hydrogens is 284 g/mol. The molecule has 2 rings (SSSR count). The Kier molecular flexibility index (Phi) is 5.80. The van der Waals surface area contributed by atoms with E-state index in [1.165, 1.54) is 4.88 Å². The Morgan fingerprint density at radius 2 is 2.10 bits per heavy atom. The van der Waals surface area contributed by atoms with Crippen LogP contribution >= 0.6 is 11.3 Å². The fourth-order valence-electron chi connectivity index (χ4n) is 2.11. The van der Waals surface area contributed by atoms with Gasteiger partial charge >= 0.3 is 0 Å². The van der Waals surface area contributed by atoms with E-state index in [-0.39, 0.29) is 0 Å². The average Bonchev–Trinajstić information content (AvgIpc) is 3.16. The van der Waals surface area contributed by atoms with Crippen molar-refractivity contribution < 1.29 is 4.52 Å². The molecule has 0 radical (unpaired) electrons. The number of nitrogens with zero attached hydrogens (tertiary/aromatic N) is 2. The summed E-state index contributed by atoms with van der Waals surface area (Å²) in [4.78, 5) is 5.53. The molecule has 0 aliphatic carbocycles. The highest BCUT2D eigenvalue weighted by Gasteiger charge is 2.13. The first kappa shape index (κ1) is 15.6. The smallest absolute Gasteiger partial charge is 0.191 e. The van der Waals surface area contributed by atoms with Crippen molar-refractivity contribution in [1.29, 1.82) is 0 Å². The predicted molar refractivity (Wildman–Crippen MR) is 86.6 cm³/mol. The van der Waals surface area contributed by atoms with E-state index < -0.39 is 0 Å². The van der Waals surface area contributed by atoms with Crippen LogP contribution in [0.2, 0.25) is 0 Å². The van der Waals surface area contributed by atoms with Gasteiger partial charge in [0.05, 0.1) is 12.2 Å². The number of hydrogen-bond acceptors (Lipinski definition) is 4. The molecule has 2 heterocycles. The van der Waals surface area contributed by atoms with E-state index in [9.17, 15) is 0 Å². The van der Waals surface area contributed by atoms with Crippen LogP contribution in [0.5, 0.6) is 0 Å². The predicted octanol–water partition coefficient (Wildman–Crippen LogP) is 2.73. The number of aromatic nitrogens is 1. The third-order valence-corrected chi connectivity index (χ3v) is 4.15. The molecule has 6 heteroatoms. The summed E-state index contributed by atoms with van der Waals surface area (Å²) >= 11 is 1.73. The Hall–Kier alpha value is -1.82. The van der Waals surface area contributed by atoms with Crippen molar-refractivity contribution in [2.24, 2.45) is 4.99 Å². The summed E-state index contributed by atoms with van der Waals surface area (Å²) in [7, 11) is 1.78. The van der Waals surface area contributed by atoms with Crippen LogP contribution in [0.25, 0.3) is 0 Å². The van der Waals surface area contributed by atoms with Crippen LogP contribution in [0.3, 0.4) is 0 Å². The van der Waals surface area contributed by atoms with Crippen LogP contribution in [0.1, 0.15) is 35.7 Å². The lowest BCUT2D eigenvalue weighted by Crippen LogP contribution is -2.36. The lowest BCUT2D eigenvalue weighted by Gasteiger charge is -2.11. The molecule has 2 aromatic rings. The number of rotatable bonds is 6. The monoisotopic (exact) mass is 306 g/mol. The summed E-state index contributed by atoms with van der Waals surface area (Å²) in [5.41, 5.74) is 2.17. The van der Waals surface area contributed by atoms with E-state index in [4.69, 9.17) is 4.52 Å². The van der Waals surface area contributed by atoms with Crippen LogP contribution in [0.4, 0.5) is 0 Å². The molecule has 0 saturated heterocycles. The van der Waals surface area contributed by atoms with Gasteiger partial charge in [-0.1, -0.05) is 25.1 Å². The van der Waals surface area contributed by atoms with Gasteiger partial charge in [0, 0.05) is 30.5 Å². The Bertz CT molecular complexity index is 553. The van der Waals surface area contributed by atoms with E-state index in [1.807, 2.05) is 0 Å². The fourth-order valence-corrected chi connectivity index (χ4v) is 2.76. The summed E-state index contributed by atoms with van der Waals surface area (Å²) in [5, 5.41) is 12.8. The van der Waals surface area contributed by atoms with Gasteiger partial charge in [-0.25, -0.2) is 0 Å². The zero-order valence-electron chi connectivity index (χ0n) is 12.8. The van der Waals surface area contributed by atoms with Crippen molar-refractivity contribution in [3.8, 4) is 0 Å². The zero-order valence-corrected chi connectivity index (χ0v) is 13.6. The van der Waals surface area contributed by atoms with Crippen molar-refractivity contribution in [2.75, 3.05) is 7.05 Å². The minimum Gasteiger partial charge on any atom is -0.361 e. The molecule has 0 saturated carbocycles. The second kappa shape index (κ2) is 7.83. The highest BCUT2D eigenvalue weighted by Crippen LogP contribution is 2.15. The second-order valence-corrected chi connectivity index (χ2v) is 5.63. The lowest BCUT2D eigenvalue weighted by molar-refractivity contribution is 0.380. The number of aryl methyl sites for hydroxylation is 2. The summed E-state index contributed by atoms with van der Waals surface area (Å²) in [6.45, 7) is 5.63. The average molecular weight is 306 g/mol. The SMILES string of the molecule is CCc1noc(CC)c1CNC(=NC)NCc1cccs1. The minimum atomic E-state index is 0.681. The molecule has 0 fully saturated rings. The molecule has 5 nitrogen and oxygen atoms in total. The summed E-state index contributed by atoms with van der Waals surface area (Å²) in [5.74, 6) is 1.74. The summed E-state index contributed by atoms with van der Waals surface area (Å²) < 4.78 is 5.37. The molecule has 0 unspecified atom stereocenters. The third kappa shape index (κ3) is 4.07. The molecule has 0 spiro atoms. The van der Waals surface area contributed by atoms with Gasteiger partial charge < -0.3 is 15.2 Å². The Morgan fingerprint density at radius 3 is 2.71 bits per heavy atom. The fraction of sp³-hybridized carbons (Fsp3) is 0.467. The highest BCUT2D eigenvalue weighted by atomic mass is 32.1. The maximum absolute atomic E-state index is 5.37. The van der Waals surface area contributed by atoms with Crippen molar-refractivity contribution in [2.45, 2.75) is 39.8 Å². The summed E-state index contributed by atoms with van der Waals surface area (Å²) in [6.07, 6.45) is 1.73. The van der Waals surface area contributed by atoms with Gasteiger partial charge in [-0.2, -0.15) is 0 Å². The quantitative estimate of drug-likeness (QED) is 0.636. The van der Waals surface area contributed by atoms with Gasteiger partial charge in [-0.3, -0.25) is 4.99 Å². The zero-order chi connectivity index (χ0) is 15.1. The largest absolute Gasteiger partial charge is 0.361 e. The molecular formula is C15H22N4OS. The van der Waals surface area contributed by atoms with E-state index in [2.05, 4.69) is 52.1 Å². The van der Waals surface area contributed by atoms with Gasteiger partial charge in [0.25, 0.3) is 0 Å². The maximum Gasteiger partial charge on any atom is 0.191 e. The van der Waals surface area contributed by atoms with Gasteiger partial charge in [0.1, 0.15) is 5.76 Å². The molecule has 0 atom stereocenters. The lowest BCUT2D eigenvalue weighted by atomic mass is 10.1. The molecule has 0 aromatic carbocycles. The Labute approximate surface area is 129 Å². The number of thiophene rings is 1. The molecule has 0 bridgehead atoms. The molecule has 114 valence electrons. The van der Waals surface area contributed by atoms with Gasteiger partial charge in [-0.05, 0) is 17.9 Å². The first-order valence-electron chi connectivity index (χ1n) is 7.21. The van der Waals surface area contributed by atoms with E-state index in [0.717, 1.165) is 42.4 Å². The maximum atomic E-state index is 5.37. The summed E-state index contributed by atoms with van der Waals surface area (Å²) in [6, 6.07) is 4.16. The van der Waals surface area contributed by atoms with E-state index in [0.29, 0.717) is 6.54 Å². The number of aliphatic imine (C=N–C) groups is 1. The van der Waals surface area contributed by atoms with Crippen LogP contribution in [0, 0.1) is 0 Å². The van der Waals surface area contributed by atoms with Crippen LogP contribution in [-0.2, 0) is 25.9 Å². The molecule has 2 aromatic heterocycles. The normalized spacial score (nSPS) is 11.7. The van der Waals surface area contributed by atoms with Crippen molar-refractivity contribution in [3.05, 3.63) is 39.4 Å². The number of nitrogens with one attached hydrogen (secondary N) is 2. The van der Waals surface area contributed by atoms with Gasteiger partial charge in [0.2, 0.25) is 0 Å². The number of hydrogen-bond donors (Lipinski definition) is 2. The van der Waals surface area contributed by atoms with Gasteiger partial charge in [0.15, 0.2) is 5.96 Å². The third-order valence-electron chi connectivity index (χ3n) is 3.27. The van der Waals surface area contributed by atoms with Gasteiger partial charge in [-0.15, -0.1) is 11.3 Å². The van der Waals surface area contributed by atoms with Crippen molar-refractivity contribution in [1.82, 2.24) is 15.8 Å². The molecule has 0 aliphatic rings. The van der Waals surface area contributed by atoms with E-state index in [1.54, 1.807) is 18.4 Å². The first-order valence-corrected chi connectivity index (χ1v) is 8.09. The standard InChI is InChI=1S/C15H22N4OS/c1-4-13-12(14(5-2)20-19-13)10-18-15(16-3)17-9-11-7-6-8-21-11/h6-8H,4-5,9-10H2,1-3H3,(H2,16,17,18). The van der Waals surface area contributed by atoms with Crippen molar-refractivity contribution in [3.63, 3.8) is 0 Å². The molecule has 0 aliphatic heterocycles. The second-order valence-electron chi connectivity index (χ2n) is 4.60. The topological polar surface area (TPSA) is 62.5 Å². The molecule has 0 amide bonds. The van der Waals surface area contributed by atoms with Crippen LogP contribution in [0.15, 0.2) is 27.0 Å². The van der Waals surface area contributed by atoms with Crippen molar-refractivity contribution >= 4 is 17.3 Å². The highest BCUT2D eigenvalue weighted by molar-refractivity contribution is 7.09. The van der Waals surface area contributed by atoms with Crippen LogP contribution in [-0.4, -0.2) is 18.2 Å². The molecule has 21 heavy (non-hydrogen) atoms. The Morgan fingerprint density at radius 1 is 1.29 bits per heavy atom. The number of guanidine groups is 1. The molecule has 2 N–H and O–H groups in total. The van der Waals surface area contributed by atoms with E-state index >= 15 is 0 Å². The first-order chi connectivity index (χ1) is 10.3. The Balaban J connectivity index is 1.92. The minimum absolute atomic E-state index is 0.681.